The van der Waals surface area contributed by atoms with E-state index in [9.17, 15) is 14.4 Å². The van der Waals surface area contributed by atoms with Crippen LogP contribution in [0.2, 0.25) is 0 Å². The van der Waals surface area contributed by atoms with Crippen LogP contribution in [-0.2, 0) is 18.9 Å². The first-order valence-corrected chi connectivity index (χ1v) is 4.78. The molecule has 0 atom stereocenters. The van der Waals surface area contributed by atoms with E-state index in [1.807, 2.05) is 0 Å². The molecule has 0 unspecified atom stereocenters. The Labute approximate surface area is 84.3 Å². The minimum atomic E-state index is -3.13. The van der Waals surface area contributed by atoms with Crippen molar-refractivity contribution in [3.05, 3.63) is 23.8 Å². The third-order valence-electron chi connectivity index (χ3n) is 1.18. The van der Waals surface area contributed by atoms with Crippen LogP contribution < -0.4 is 0 Å². The van der Waals surface area contributed by atoms with E-state index in [1.54, 1.807) is 0 Å². The molecule has 0 radical (unpaired) electrons. The van der Waals surface area contributed by atoms with Gasteiger partial charge in [-0.3, -0.25) is 14.2 Å². The molecule has 3 N–H and O–H groups in total. The van der Waals surface area contributed by atoms with E-state index in [0.717, 1.165) is 18.2 Å². The van der Waals surface area contributed by atoms with Crippen molar-refractivity contribution >= 4 is 25.8 Å². The van der Waals surface area contributed by atoms with E-state index in [1.165, 1.54) is 0 Å². The molecule has 0 amide bonds. The standard InChI is InChI=1S/C7H4O4.H3O3P/c8-4-1-2-6(9)5(3-4)7(10)11;1-4(2)3/h1-3H,(H,10,11);4H,(H2,1,2,3). The Morgan fingerprint density at radius 3 is 2.00 bits per heavy atom. The number of carboxylic acids is 1. The minimum absolute atomic E-state index is 0.470. The lowest BCUT2D eigenvalue weighted by atomic mass is 10.0. The maximum atomic E-state index is 10.7. The zero-order valence-corrected chi connectivity index (χ0v) is 8.21. The van der Waals surface area contributed by atoms with Crippen molar-refractivity contribution in [3.8, 4) is 0 Å². The van der Waals surface area contributed by atoms with E-state index in [0.29, 0.717) is 0 Å². The molecule has 82 valence electrons. The van der Waals surface area contributed by atoms with Gasteiger partial charge >= 0.3 is 14.2 Å². The van der Waals surface area contributed by atoms with Gasteiger partial charge in [-0.1, -0.05) is 0 Å². The lowest BCUT2D eigenvalue weighted by molar-refractivity contribution is -0.134. The molecule has 0 saturated carbocycles. The van der Waals surface area contributed by atoms with Crippen LogP contribution in [0.15, 0.2) is 23.8 Å². The number of carboxylic acid groups (broad SMARTS) is 1. The maximum absolute atomic E-state index is 10.7. The molecule has 0 bridgehead atoms. The number of hydrogen-bond donors (Lipinski definition) is 3. The molecule has 0 heterocycles. The van der Waals surface area contributed by atoms with Crippen molar-refractivity contribution in [3.63, 3.8) is 0 Å². The smallest absolute Gasteiger partial charge is 0.339 e. The van der Waals surface area contributed by atoms with Crippen molar-refractivity contribution in [1.29, 1.82) is 0 Å². The van der Waals surface area contributed by atoms with Gasteiger partial charge < -0.3 is 14.9 Å². The molecule has 1 aliphatic rings. The van der Waals surface area contributed by atoms with Gasteiger partial charge in [-0.25, -0.2) is 4.79 Å². The third kappa shape index (κ3) is 5.69. The average molecular weight is 234 g/mol. The van der Waals surface area contributed by atoms with Crippen LogP contribution >= 0.6 is 8.25 Å². The number of carbonyl (C=O) groups is 3. The third-order valence-corrected chi connectivity index (χ3v) is 1.18. The quantitative estimate of drug-likeness (QED) is 0.303. The van der Waals surface area contributed by atoms with E-state index in [-0.39, 0.29) is 0 Å². The highest BCUT2D eigenvalue weighted by Gasteiger charge is 2.18. The summed E-state index contributed by atoms with van der Waals surface area (Å²) in [5.74, 6) is -2.48. The van der Waals surface area contributed by atoms with Gasteiger partial charge in [0.25, 0.3) is 0 Å². The van der Waals surface area contributed by atoms with Crippen LogP contribution in [0, 0.1) is 0 Å². The fourth-order valence-corrected chi connectivity index (χ4v) is 0.676. The van der Waals surface area contributed by atoms with Crippen LogP contribution in [0.5, 0.6) is 0 Å². The first-order valence-electron chi connectivity index (χ1n) is 3.48. The second kappa shape index (κ2) is 6.02. The average Bonchev–Trinajstić information content (AvgIpc) is 2.08. The van der Waals surface area contributed by atoms with Gasteiger partial charge in [-0.15, -0.1) is 0 Å². The molecule has 8 heteroatoms. The number of rotatable bonds is 1. The van der Waals surface area contributed by atoms with E-state index >= 15 is 0 Å². The lowest BCUT2D eigenvalue weighted by Gasteiger charge is -1.98. The minimum Gasteiger partial charge on any atom is -0.478 e. The summed E-state index contributed by atoms with van der Waals surface area (Å²) < 4.78 is 8.74. The van der Waals surface area contributed by atoms with Crippen molar-refractivity contribution < 1.29 is 33.8 Å². The molecule has 0 aromatic rings. The molecule has 0 saturated heterocycles. The Morgan fingerprint density at radius 2 is 1.67 bits per heavy atom. The van der Waals surface area contributed by atoms with Crippen molar-refractivity contribution in [2.24, 2.45) is 0 Å². The monoisotopic (exact) mass is 234 g/mol. The van der Waals surface area contributed by atoms with Crippen LogP contribution in [0.4, 0.5) is 0 Å². The number of carbonyl (C=O) groups excluding carboxylic acids is 2. The molecule has 1 aliphatic carbocycles. The fourth-order valence-electron chi connectivity index (χ4n) is 0.676. The summed E-state index contributed by atoms with van der Waals surface area (Å²) in [4.78, 5) is 45.8. The summed E-state index contributed by atoms with van der Waals surface area (Å²) in [6.07, 6.45) is 2.80. The predicted octanol–water partition coefficient (Wildman–Crippen LogP) is -0.934. The molecule has 0 aromatic carbocycles. The molecule has 1 rings (SSSR count). The van der Waals surface area contributed by atoms with Crippen molar-refractivity contribution in [2.45, 2.75) is 0 Å². The Balaban J connectivity index is 0.000000423. The van der Waals surface area contributed by atoms with Gasteiger partial charge in [-0.05, 0) is 12.2 Å². The Morgan fingerprint density at radius 1 is 1.20 bits per heavy atom. The summed E-state index contributed by atoms with van der Waals surface area (Å²) in [7, 11) is -3.13. The number of allylic oxidation sites excluding steroid dienone is 3. The number of aliphatic carboxylic acids is 1. The van der Waals surface area contributed by atoms with Crippen molar-refractivity contribution in [1.82, 2.24) is 0 Å². The summed E-state index contributed by atoms with van der Waals surface area (Å²) in [6.45, 7) is 0. The molecule has 0 spiro atoms. The molecule has 0 aliphatic heterocycles. The number of ketones is 2. The van der Waals surface area contributed by atoms with Crippen LogP contribution in [-0.4, -0.2) is 32.4 Å². The SMILES string of the molecule is O=C1C=CC(=O)C(C(=O)O)=C1.O=[PH](O)O. The van der Waals surface area contributed by atoms with E-state index in [4.69, 9.17) is 19.5 Å². The fraction of sp³-hybridized carbons (Fsp3) is 0. The molecular weight excluding hydrogens is 227 g/mol. The van der Waals surface area contributed by atoms with E-state index < -0.39 is 31.4 Å². The van der Waals surface area contributed by atoms with Gasteiger partial charge in [0.15, 0.2) is 11.6 Å². The molecule has 0 aromatic heterocycles. The van der Waals surface area contributed by atoms with Crippen LogP contribution in [0.3, 0.4) is 0 Å². The Bertz CT molecular complexity index is 375. The zero-order valence-electron chi connectivity index (χ0n) is 7.21. The van der Waals surface area contributed by atoms with Crippen LogP contribution in [0.1, 0.15) is 0 Å². The number of hydrogen-bond acceptors (Lipinski definition) is 4. The van der Waals surface area contributed by atoms with Gasteiger partial charge in [0.2, 0.25) is 0 Å². The Hall–Kier alpha value is -1.56. The largest absolute Gasteiger partial charge is 0.478 e. The van der Waals surface area contributed by atoms with Gasteiger partial charge in [0, 0.05) is 6.08 Å². The van der Waals surface area contributed by atoms with Gasteiger partial charge in [0.1, 0.15) is 5.57 Å². The van der Waals surface area contributed by atoms with Crippen molar-refractivity contribution in [2.75, 3.05) is 0 Å². The molecule has 0 fully saturated rings. The maximum Gasteiger partial charge on any atom is 0.339 e. The predicted molar refractivity (Wildman–Crippen MR) is 48.3 cm³/mol. The lowest BCUT2D eigenvalue weighted by Crippen LogP contribution is -2.15. The second-order valence-corrected chi connectivity index (χ2v) is 2.81. The highest BCUT2D eigenvalue weighted by Crippen LogP contribution is 2.04. The first kappa shape index (κ1) is 13.4. The second-order valence-electron chi connectivity index (χ2n) is 2.25. The highest BCUT2D eigenvalue weighted by molar-refractivity contribution is 7.30. The summed E-state index contributed by atoms with van der Waals surface area (Å²) in [6, 6.07) is 0. The summed E-state index contributed by atoms with van der Waals surface area (Å²) in [5.41, 5.74) is -0.475. The summed E-state index contributed by atoms with van der Waals surface area (Å²) >= 11 is 0. The van der Waals surface area contributed by atoms with Crippen LogP contribution in [0.25, 0.3) is 0 Å². The Kier molecular flexibility index (Phi) is 5.40. The highest BCUT2D eigenvalue weighted by atomic mass is 31.1. The zero-order chi connectivity index (χ0) is 12.0. The summed E-state index contributed by atoms with van der Waals surface area (Å²) in [5, 5.41) is 8.35. The van der Waals surface area contributed by atoms with Gasteiger partial charge in [0.05, 0.1) is 0 Å². The van der Waals surface area contributed by atoms with Gasteiger partial charge in [-0.2, -0.15) is 0 Å². The molecule has 7 nitrogen and oxygen atoms in total. The first-order chi connectivity index (χ1) is 6.84. The topological polar surface area (TPSA) is 129 Å². The molecular formula is C7H7O7P. The van der Waals surface area contributed by atoms with E-state index in [2.05, 4.69) is 0 Å². The molecule has 15 heavy (non-hydrogen) atoms. The normalized spacial score (nSPS) is 14.5.